The monoisotopic (exact) mass is 247 g/mol. The molecule has 0 spiro atoms. The zero-order valence-electron chi connectivity index (χ0n) is 10.9. The summed E-state index contributed by atoms with van der Waals surface area (Å²) >= 11 is 0. The number of methoxy groups -OCH3 is 1. The second-order valence-electron chi connectivity index (χ2n) is 5.45. The fraction of sp³-hybridized carbons (Fsp3) is 0.643. The van der Waals surface area contributed by atoms with Gasteiger partial charge in [0.05, 0.1) is 7.11 Å². The van der Waals surface area contributed by atoms with E-state index in [4.69, 9.17) is 10.5 Å². The Morgan fingerprint density at radius 3 is 3.06 bits per heavy atom. The van der Waals surface area contributed by atoms with Crippen molar-refractivity contribution in [3.8, 4) is 5.75 Å². The molecule has 1 saturated heterocycles. The first-order valence-electron chi connectivity index (χ1n) is 6.79. The van der Waals surface area contributed by atoms with Crippen LogP contribution in [0.25, 0.3) is 0 Å². The summed E-state index contributed by atoms with van der Waals surface area (Å²) in [5.74, 6) is 3.21. The van der Waals surface area contributed by atoms with Crippen LogP contribution in [0.5, 0.6) is 5.75 Å². The lowest BCUT2D eigenvalue weighted by molar-refractivity contribution is 0.260. The van der Waals surface area contributed by atoms with Crippen molar-refractivity contribution in [2.45, 2.75) is 25.3 Å². The van der Waals surface area contributed by atoms with Gasteiger partial charge in [-0.1, -0.05) is 6.42 Å². The van der Waals surface area contributed by atoms with Gasteiger partial charge in [0.15, 0.2) is 11.6 Å². The van der Waals surface area contributed by atoms with Gasteiger partial charge in [-0.3, -0.25) is 0 Å². The highest BCUT2D eigenvalue weighted by molar-refractivity contribution is 5.53. The van der Waals surface area contributed by atoms with Crippen LogP contribution in [0.1, 0.15) is 19.3 Å². The molecule has 0 amide bonds. The molecule has 1 aromatic rings. The Kier molecular flexibility index (Phi) is 3.12. The standard InChI is InChI=1S/C14H21N3O/c1-18-13-6-3-7-16-14(13)17-8-10-4-2-5-12(15)11(10)9-17/h3,6-7,10-12H,2,4-5,8-9,15H2,1H3. The summed E-state index contributed by atoms with van der Waals surface area (Å²) in [6.45, 7) is 2.10. The fourth-order valence-electron chi connectivity index (χ4n) is 3.47. The molecular formula is C14H21N3O. The van der Waals surface area contributed by atoms with E-state index in [2.05, 4.69) is 9.88 Å². The topological polar surface area (TPSA) is 51.4 Å². The van der Waals surface area contributed by atoms with Gasteiger partial charge >= 0.3 is 0 Å². The summed E-state index contributed by atoms with van der Waals surface area (Å²) in [5, 5.41) is 0. The van der Waals surface area contributed by atoms with Crippen molar-refractivity contribution in [1.29, 1.82) is 0 Å². The maximum Gasteiger partial charge on any atom is 0.171 e. The van der Waals surface area contributed by atoms with Crippen molar-refractivity contribution in [3.63, 3.8) is 0 Å². The van der Waals surface area contributed by atoms with E-state index in [9.17, 15) is 0 Å². The Labute approximate surface area is 108 Å². The number of hydrogen-bond donors (Lipinski definition) is 1. The summed E-state index contributed by atoms with van der Waals surface area (Å²) in [6, 6.07) is 4.25. The van der Waals surface area contributed by atoms with Gasteiger partial charge in [0.25, 0.3) is 0 Å². The number of pyridine rings is 1. The number of nitrogens with zero attached hydrogens (tertiary/aromatic N) is 2. The third kappa shape index (κ3) is 1.94. The molecule has 3 unspecified atom stereocenters. The number of rotatable bonds is 2. The van der Waals surface area contributed by atoms with Gasteiger partial charge in [0.1, 0.15) is 0 Å². The molecule has 2 aliphatic rings. The molecule has 1 aromatic heterocycles. The van der Waals surface area contributed by atoms with Gasteiger partial charge < -0.3 is 15.4 Å². The smallest absolute Gasteiger partial charge is 0.171 e. The molecule has 3 atom stereocenters. The fourth-order valence-corrected chi connectivity index (χ4v) is 3.47. The van der Waals surface area contributed by atoms with E-state index < -0.39 is 0 Å². The van der Waals surface area contributed by atoms with E-state index in [0.717, 1.165) is 30.6 Å². The highest BCUT2D eigenvalue weighted by Gasteiger charge is 2.39. The first-order valence-corrected chi connectivity index (χ1v) is 6.79. The molecule has 2 fully saturated rings. The first kappa shape index (κ1) is 11.8. The SMILES string of the molecule is COc1cccnc1N1CC2CCCC(N)C2C1. The highest BCUT2D eigenvalue weighted by atomic mass is 16.5. The zero-order valence-corrected chi connectivity index (χ0v) is 10.9. The summed E-state index contributed by atoms with van der Waals surface area (Å²) < 4.78 is 5.40. The van der Waals surface area contributed by atoms with Crippen molar-refractivity contribution >= 4 is 5.82 Å². The lowest BCUT2D eigenvalue weighted by Crippen LogP contribution is -2.38. The first-order chi connectivity index (χ1) is 8.79. The lowest BCUT2D eigenvalue weighted by atomic mass is 9.78. The molecular weight excluding hydrogens is 226 g/mol. The molecule has 4 heteroatoms. The Bertz CT molecular complexity index is 423. The molecule has 2 N–H and O–H groups in total. The van der Waals surface area contributed by atoms with Crippen LogP contribution in [0.15, 0.2) is 18.3 Å². The molecule has 4 nitrogen and oxygen atoms in total. The van der Waals surface area contributed by atoms with Crippen molar-refractivity contribution in [2.75, 3.05) is 25.1 Å². The normalized spacial score (nSPS) is 31.2. The Morgan fingerprint density at radius 1 is 1.39 bits per heavy atom. The lowest BCUT2D eigenvalue weighted by Gasteiger charge is -2.29. The maximum atomic E-state index is 6.25. The van der Waals surface area contributed by atoms with Crippen LogP contribution in [0.3, 0.4) is 0 Å². The molecule has 0 aromatic carbocycles. The van der Waals surface area contributed by atoms with Crippen LogP contribution >= 0.6 is 0 Å². The predicted molar refractivity (Wildman–Crippen MR) is 71.8 cm³/mol. The number of fused-ring (bicyclic) bond motifs is 1. The summed E-state index contributed by atoms with van der Waals surface area (Å²) in [6.07, 6.45) is 5.59. The average molecular weight is 247 g/mol. The number of hydrogen-bond acceptors (Lipinski definition) is 4. The Balaban J connectivity index is 1.82. The minimum atomic E-state index is 0.364. The Morgan fingerprint density at radius 2 is 2.28 bits per heavy atom. The predicted octanol–water partition coefficient (Wildman–Crippen LogP) is 1.65. The number of nitrogens with two attached hydrogens (primary N) is 1. The Hall–Kier alpha value is -1.29. The average Bonchev–Trinajstić information content (AvgIpc) is 2.84. The molecule has 2 heterocycles. The minimum absolute atomic E-state index is 0.364. The maximum absolute atomic E-state index is 6.25. The van der Waals surface area contributed by atoms with E-state index in [1.165, 1.54) is 19.3 Å². The van der Waals surface area contributed by atoms with Gasteiger partial charge in [0.2, 0.25) is 0 Å². The largest absolute Gasteiger partial charge is 0.493 e. The molecule has 0 bridgehead atoms. The van der Waals surface area contributed by atoms with Gasteiger partial charge in [-0.25, -0.2) is 4.98 Å². The molecule has 3 rings (SSSR count). The number of ether oxygens (including phenoxy) is 1. The van der Waals surface area contributed by atoms with E-state index >= 15 is 0 Å². The third-order valence-corrected chi connectivity index (χ3v) is 4.42. The van der Waals surface area contributed by atoms with Crippen LogP contribution in [-0.2, 0) is 0 Å². The molecule has 98 valence electrons. The zero-order chi connectivity index (χ0) is 12.5. The van der Waals surface area contributed by atoms with E-state index in [1.54, 1.807) is 7.11 Å². The molecule has 18 heavy (non-hydrogen) atoms. The quantitative estimate of drug-likeness (QED) is 0.863. The van der Waals surface area contributed by atoms with Gasteiger partial charge in [-0.15, -0.1) is 0 Å². The summed E-state index contributed by atoms with van der Waals surface area (Å²) in [4.78, 5) is 6.82. The van der Waals surface area contributed by atoms with Crippen LogP contribution in [0.4, 0.5) is 5.82 Å². The molecule has 1 saturated carbocycles. The van der Waals surface area contributed by atoms with Crippen molar-refractivity contribution in [1.82, 2.24) is 4.98 Å². The van der Waals surface area contributed by atoms with E-state index in [0.29, 0.717) is 12.0 Å². The van der Waals surface area contributed by atoms with E-state index in [-0.39, 0.29) is 0 Å². The number of anilines is 1. The second-order valence-corrected chi connectivity index (χ2v) is 5.45. The second kappa shape index (κ2) is 4.76. The molecule has 1 aliphatic carbocycles. The molecule has 0 radical (unpaired) electrons. The van der Waals surface area contributed by atoms with Crippen molar-refractivity contribution < 1.29 is 4.74 Å². The van der Waals surface area contributed by atoms with Crippen LogP contribution in [0, 0.1) is 11.8 Å². The summed E-state index contributed by atoms with van der Waals surface area (Å²) in [7, 11) is 1.70. The van der Waals surface area contributed by atoms with E-state index in [1.807, 2.05) is 18.3 Å². The van der Waals surface area contributed by atoms with Crippen LogP contribution in [0.2, 0.25) is 0 Å². The van der Waals surface area contributed by atoms with Crippen LogP contribution < -0.4 is 15.4 Å². The highest BCUT2D eigenvalue weighted by Crippen LogP contribution is 2.39. The van der Waals surface area contributed by atoms with Crippen molar-refractivity contribution in [3.05, 3.63) is 18.3 Å². The van der Waals surface area contributed by atoms with Gasteiger partial charge in [0, 0.05) is 25.3 Å². The number of aromatic nitrogens is 1. The minimum Gasteiger partial charge on any atom is -0.493 e. The van der Waals surface area contributed by atoms with Gasteiger partial charge in [-0.2, -0.15) is 0 Å². The van der Waals surface area contributed by atoms with Crippen molar-refractivity contribution in [2.24, 2.45) is 17.6 Å². The van der Waals surface area contributed by atoms with Crippen LogP contribution in [-0.4, -0.2) is 31.2 Å². The third-order valence-electron chi connectivity index (χ3n) is 4.42. The van der Waals surface area contributed by atoms with Gasteiger partial charge in [-0.05, 0) is 36.8 Å². The molecule has 1 aliphatic heterocycles. The summed E-state index contributed by atoms with van der Waals surface area (Å²) in [5.41, 5.74) is 6.25.